The fourth-order valence-electron chi connectivity index (χ4n) is 3.10. The van der Waals surface area contributed by atoms with Crippen LogP contribution in [0.1, 0.15) is 36.1 Å². The number of para-hydroxylation sites is 1. The van der Waals surface area contributed by atoms with E-state index in [0.29, 0.717) is 24.2 Å². The molecule has 0 fully saturated rings. The van der Waals surface area contributed by atoms with Gasteiger partial charge in [0.05, 0.1) is 11.9 Å². The lowest BCUT2D eigenvalue weighted by molar-refractivity contribution is -0.114. The van der Waals surface area contributed by atoms with Crippen LogP contribution in [0.2, 0.25) is 0 Å². The molecule has 0 saturated heterocycles. The highest BCUT2D eigenvalue weighted by Crippen LogP contribution is 2.29. The normalized spacial score (nSPS) is 11.3. The largest absolute Gasteiger partial charge is 0.324 e. The molecule has 1 amide bonds. The molecule has 1 N–H and O–H groups in total. The molecule has 0 spiro atoms. The van der Waals surface area contributed by atoms with E-state index in [1.54, 1.807) is 0 Å². The monoisotopic (exact) mass is 388 g/mol. The number of hydrogen-bond acceptors (Lipinski definition) is 3. The number of sulfonamides is 1. The van der Waals surface area contributed by atoms with E-state index in [2.05, 4.69) is 5.32 Å². The third-order valence-electron chi connectivity index (χ3n) is 4.78. The summed E-state index contributed by atoms with van der Waals surface area (Å²) in [6, 6.07) is 11.4. The predicted octanol–water partition coefficient (Wildman–Crippen LogP) is 3.83. The minimum absolute atomic E-state index is 0.254. The minimum Gasteiger partial charge on any atom is -0.324 e. The van der Waals surface area contributed by atoms with E-state index in [1.807, 2.05) is 64.1 Å². The smallest absolute Gasteiger partial charge is 0.245 e. The summed E-state index contributed by atoms with van der Waals surface area (Å²) in [5.41, 5.74) is 5.20. The number of nitrogens with one attached hydrogen (secondary N) is 1. The summed E-state index contributed by atoms with van der Waals surface area (Å²) >= 11 is 0. The van der Waals surface area contributed by atoms with Crippen LogP contribution in [0.4, 0.5) is 11.4 Å². The zero-order chi connectivity index (χ0) is 20.2. The van der Waals surface area contributed by atoms with Gasteiger partial charge >= 0.3 is 0 Å². The van der Waals surface area contributed by atoms with Crippen LogP contribution < -0.4 is 9.62 Å². The third kappa shape index (κ3) is 4.89. The first-order valence-electron chi connectivity index (χ1n) is 9.13. The van der Waals surface area contributed by atoms with Gasteiger partial charge in [-0.15, -0.1) is 0 Å². The van der Waals surface area contributed by atoms with E-state index in [9.17, 15) is 13.2 Å². The zero-order valence-corrected chi connectivity index (χ0v) is 17.5. The Morgan fingerprint density at radius 2 is 1.56 bits per heavy atom. The van der Waals surface area contributed by atoms with Crippen molar-refractivity contribution in [3.63, 3.8) is 0 Å². The lowest BCUT2D eigenvalue weighted by Gasteiger charge is -2.27. The van der Waals surface area contributed by atoms with Crippen molar-refractivity contribution < 1.29 is 13.2 Å². The molecule has 6 heteroatoms. The molecule has 0 bridgehead atoms. The first-order valence-corrected chi connectivity index (χ1v) is 11.0. The lowest BCUT2D eigenvalue weighted by Crippen LogP contribution is -2.38. The van der Waals surface area contributed by atoms with Crippen molar-refractivity contribution in [2.45, 2.75) is 40.5 Å². The van der Waals surface area contributed by atoms with Crippen LogP contribution in [0, 0.1) is 13.8 Å². The van der Waals surface area contributed by atoms with Crippen LogP contribution in [0.25, 0.3) is 0 Å². The quantitative estimate of drug-likeness (QED) is 0.784. The molecule has 0 aliphatic rings. The van der Waals surface area contributed by atoms with Crippen LogP contribution in [0.5, 0.6) is 0 Å². The molecular formula is C21H28N2O3S. The van der Waals surface area contributed by atoms with Gasteiger partial charge in [-0.2, -0.15) is 0 Å². The van der Waals surface area contributed by atoms with Crippen molar-refractivity contribution in [2.75, 3.05) is 22.4 Å². The molecule has 0 aromatic heterocycles. The van der Waals surface area contributed by atoms with Crippen molar-refractivity contribution in [1.82, 2.24) is 0 Å². The zero-order valence-electron chi connectivity index (χ0n) is 16.7. The molecule has 2 rings (SSSR count). The van der Waals surface area contributed by atoms with E-state index in [4.69, 9.17) is 0 Å². The molecular weight excluding hydrogens is 360 g/mol. The van der Waals surface area contributed by atoms with E-state index >= 15 is 0 Å². The molecule has 0 aliphatic heterocycles. The number of benzene rings is 2. The molecule has 27 heavy (non-hydrogen) atoms. The van der Waals surface area contributed by atoms with Crippen LogP contribution in [0.15, 0.2) is 36.4 Å². The highest BCUT2D eigenvalue weighted by molar-refractivity contribution is 7.92. The SMILES string of the molecule is CCc1cccc(CC)c1N(CC(=O)Nc1cccc(C)c1C)S(C)(=O)=O. The number of carbonyl (C=O) groups excluding carboxylic acids is 1. The Balaban J connectivity index is 2.40. The van der Waals surface area contributed by atoms with E-state index in [1.165, 1.54) is 4.31 Å². The molecule has 0 heterocycles. The molecule has 0 unspecified atom stereocenters. The van der Waals surface area contributed by atoms with Gasteiger partial charge in [-0.1, -0.05) is 44.2 Å². The number of nitrogens with zero attached hydrogens (tertiary/aromatic N) is 1. The Morgan fingerprint density at radius 1 is 1.00 bits per heavy atom. The van der Waals surface area contributed by atoms with E-state index in [0.717, 1.165) is 28.5 Å². The average molecular weight is 389 g/mol. The predicted molar refractivity (Wildman–Crippen MR) is 112 cm³/mol. The molecule has 5 nitrogen and oxygen atoms in total. The standard InChI is InChI=1S/C21H28N2O3S/c1-6-17-11-9-12-18(7-2)21(17)23(27(5,25)26)14-20(24)22-19-13-8-10-15(3)16(19)4/h8-13H,6-7,14H2,1-5H3,(H,22,24). The maximum atomic E-state index is 12.7. The second-order valence-corrected chi connectivity index (χ2v) is 8.60. The van der Waals surface area contributed by atoms with Gasteiger partial charge in [0.2, 0.25) is 15.9 Å². The Bertz CT molecular complexity index is 914. The fraction of sp³-hybridized carbons (Fsp3) is 0.381. The molecule has 0 saturated carbocycles. The molecule has 146 valence electrons. The van der Waals surface area contributed by atoms with Crippen LogP contribution in [-0.2, 0) is 27.7 Å². The summed E-state index contributed by atoms with van der Waals surface area (Å²) in [4.78, 5) is 12.7. The van der Waals surface area contributed by atoms with Gasteiger partial charge in [0.1, 0.15) is 6.54 Å². The van der Waals surface area contributed by atoms with Gasteiger partial charge in [0.25, 0.3) is 0 Å². The second kappa shape index (κ2) is 8.57. The lowest BCUT2D eigenvalue weighted by atomic mass is 10.0. The Labute approximate surface area is 162 Å². The van der Waals surface area contributed by atoms with E-state index < -0.39 is 10.0 Å². The van der Waals surface area contributed by atoms with Gasteiger partial charge < -0.3 is 5.32 Å². The van der Waals surface area contributed by atoms with Crippen molar-refractivity contribution in [1.29, 1.82) is 0 Å². The van der Waals surface area contributed by atoms with Crippen molar-refractivity contribution in [2.24, 2.45) is 0 Å². The maximum absolute atomic E-state index is 12.7. The number of rotatable bonds is 7. The van der Waals surface area contributed by atoms with Gasteiger partial charge in [-0.05, 0) is 55.0 Å². The first kappa shape index (κ1) is 21.0. The summed E-state index contributed by atoms with van der Waals surface area (Å²) in [7, 11) is -3.62. The molecule has 0 radical (unpaired) electrons. The number of aryl methyl sites for hydroxylation is 3. The van der Waals surface area contributed by atoms with Gasteiger partial charge in [0.15, 0.2) is 0 Å². The maximum Gasteiger partial charge on any atom is 0.245 e. The molecule has 0 atom stereocenters. The number of carbonyl (C=O) groups is 1. The molecule has 2 aromatic rings. The average Bonchev–Trinajstić information content (AvgIpc) is 2.62. The first-order chi connectivity index (χ1) is 12.7. The van der Waals surface area contributed by atoms with Crippen molar-refractivity contribution >= 4 is 27.3 Å². The number of hydrogen-bond donors (Lipinski definition) is 1. The summed E-state index contributed by atoms with van der Waals surface area (Å²) < 4.78 is 26.3. The van der Waals surface area contributed by atoms with Crippen molar-refractivity contribution in [3.05, 3.63) is 58.7 Å². The van der Waals surface area contributed by atoms with Crippen LogP contribution >= 0.6 is 0 Å². The number of anilines is 2. The summed E-state index contributed by atoms with van der Waals surface area (Å²) in [6.45, 7) is 7.61. The second-order valence-electron chi connectivity index (χ2n) is 6.70. The summed E-state index contributed by atoms with van der Waals surface area (Å²) in [5, 5.41) is 2.85. The minimum atomic E-state index is -3.62. The fourth-order valence-corrected chi connectivity index (χ4v) is 4.02. The summed E-state index contributed by atoms with van der Waals surface area (Å²) in [6.07, 6.45) is 2.52. The highest BCUT2D eigenvalue weighted by Gasteiger charge is 2.25. The van der Waals surface area contributed by atoms with Crippen molar-refractivity contribution in [3.8, 4) is 0 Å². The molecule has 2 aromatic carbocycles. The highest BCUT2D eigenvalue weighted by atomic mass is 32.2. The summed E-state index contributed by atoms with van der Waals surface area (Å²) in [5.74, 6) is -0.359. The van der Waals surface area contributed by atoms with Gasteiger partial charge in [-0.25, -0.2) is 8.42 Å². The van der Waals surface area contributed by atoms with Crippen LogP contribution in [-0.4, -0.2) is 27.1 Å². The Morgan fingerprint density at radius 3 is 2.07 bits per heavy atom. The Hall–Kier alpha value is -2.34. The van der Waals surface area contributed by atoms with E-state index in [-0.39, 0.29) is 12.5 Å². The van der Waals surface area contributed by atoms with Crippen LogP contribution in [0.3, 0.4) is 0 Å². The topological polar surface area (TPSA) is 66.5 Å². The third-order valence-corrected chi connectivity index (χ3v) is 5.89. The van der Waals surface area contributed by atoms with Gasteiger partial charge in [-0.3, -0.25) is 9.10 Å². The molecule has 0 aliphatic carbocycles. The number of amides is 1. The van der Waals surface area contributed by atoms with Gasteiger partial charge in [0, 0.05) is 5.69 Å². The Kier molecular flexibility index (Phi) is 6.65.